The van der Waals surface area contributed by atoms with E-state index in [-0.39, 0.29) is 0 Å². The zero-order chi connectivity index (χ0) is 19.6. The summed E-state index contributed by atoms with van der Waals surface area (Å²) in [4.78, 5) is 23.3. The molecular weight excluding hydrogens is 344 g/mol. The lowest BCUT2D eigenvalue weighted by Crippen LogP contribution is -2.11. The highest BCUT2D eigenvalue weighted by molar-refractivity contribution is 5.92. The molecule has 0 spiro atoms. The number of aryl methyl sites for hydroxylation is 2. The Hall–Kier alpha value is -3.08. The maximum atomic E-state index is 12.4. The molecular formula is C22H24O5. The minimum Gasteiger partial charge on any atom is -0.494 e. The molecule has 0 aliphatic carbocycles. The monoisotopic (exact) mass is 368 g/mol. The van der Waals surface area contributed by atoms with Crippen LogP contribution in [0.4, 0.5) is 0 Å². The number of ether oxygens (including phenoxy) is 3. The first-order valence-corrected chi connectivity index (χ1v) is 8.81. The average Bonchev–Trinajstić information content (AvgIpc) is 2.66. The summed E-state index contributed by atoms with van der Waals surface area (Å²) >= 11 is 0. The second-order valence-corrected chi connectivity index (χ2v) is 6.06. The summed E-state index contributed by atoms with van der Waals surface area (Å²) in [6, 6.07) is 12.7. The van der Waals surface area contributed by atoms with E-state index in [0.29, 0.717) is 36.7 Å². The third-order valence-electron chi connectivity index (χ3n) is 3.93. The van der Waals surface area contributed by atoms with Crippen molar-refractivity contribution in [2.24, 2.45) is 0 Å². The van der Waals surface area contributed by atoms with Gasteiger partial charge in [-0.05, 0) is 62.1 Å². The van der Waals surface area contributed by atoms with Gasteiger partial charge in [0.2, 0.25) is 0 Å². The van der Waals surface area contributed by atoms with Gasteiger partial charge in [0, 0.05) is 6.08 Å². The molecule has 2 aromatic carbocycles. The standard InChI is InChI=1S/C22H24O5/c1-4-21(23)26-14-8-7-13-25-18-11-12-19(17(3)15-18)22(24)27-20-10-6-5-9-16(20)2/h4-6,9-12,15H,1,7-8,13-14H2,2-3H3. The minimum atomic E-state index is -0.417. The van der Waals surface area contributed by atoms with E-state index in [2.05, 4.69) is 6.58 Å². The Morgan fingerprint density at radius 3 is 2.44 bits per heavy atom. The molecule has 5 nitrogen and oxygen atoms in total. The van der Waals surface area contributed by atoms with Crippen LogP contribution in [0.1, 0.15) is 34.3 Å². The van der Waals surface area contributed by atoms with Gasteiger partial charge in [-0.2, -0.15) is 0 Å². The molecule has 0 amide bonds. The van der Waals surface area contributed by atoms with Crippen LogP contribution in [0.2, 0.25) is 0 Å². The lowest BCUT2D eigenvalue weighted by Gasteiger charge is -2.11. The van der Waals surface area contributed by atoms with Crippen molar-refractivity contribution in [3.63, 3.8) is 0 Å². The number of hydrogen-bond acceptors (Lipinski definition) is 5. The van der Waals surface area contributed by atoms with E-state index in [1.165, 1.54) is 0 Å². The number of esters is 2. The first-order valence-electron chi connectivity index (χ1n) is 8.81. The first-order chi connectivity index (χ1) is 13.0. The number of carbonyl (C=O) groups is 2. The van der Waals surface area contributed by atoms with Crippen molar-refractivity contribution < 1.29 is 23.8 Å². The van der Waals surface area contributed by atoms with Gasteiger partial charge in [0.05, 0.1) is 18.8 Å². The summed E-state index contributed by atoms with van der Waals surface area (Å²) in [5, 5.41) is 0. The summed E-state index contributed by atoms with van der Waals surface area (Å²) in [7, 11) is 0. The van der Waals surface area contributed by atoms with E-state index in [1.54, 1.807) is 18.2 Å². The van der Waals surface area contributed by atoms with Gasteiger partial charge < -0.3 is 14.2 Å². The fraction of sp³-hybridized carbons (Fsp3) is 0.273. The van der Waals surface area contributed by atoms with Crippen LogP contribution in [0.5, 0.6) is 11.5 Å². The van der Waals surface area contributed by atoms with Crippen molar-refractivity contribution in [3.8, 4) is 11.5 Å². The Kier molecular flexibility index (Phi) is 7.62. The number of carbonyl (C=O) groups excluding carboxylic acids is 2. The lowest BCUT2D eigenvalue weighted by molar-refractivity contribution is -0.137. The van der Waals surface area contributed by atoms with E-state index in [4.69, 9.17) is 14.2 Å². The highest BCUT2D eigenvalue weighted by atomic mass is 16.5. The molecule has 0 fully saturated rings. The van der Waals surface area contributed by atoms with Crippen molar-refractivity contribution in [2.75, 3.05) is 13.2 Å². The summed E-state index contributed by atoms with van der Waals surface area (Å²) in [6.07, 6.45) is 2.60. The van der Waals surface area contributed by atoms with Crippen molar-refractivity contribution >= 4 is 11.9 Å². The molecule has 2 aromatic rings. The van der Waals surface area contributed by atoms with Gasteiger partial charge in [0.25, 0.3) is 0 Å². The number of rotatable bonds is 9. The minimum absolute atomic E-state index is 0.344. The fourth-order valence-electron chi connectivity index (χ4n) is 2.41. The molecule has 0 saturated heterocycles. The predicted octanol–water partition coefficient (Wildman–Crippen LogP) is 4.41. The van der Waals surface area contributed by atoms with Gasteiger partial charge in [-0.15, -0.1) is 0 Å². The summed E-state index contributed by atoms with van der Waals surface area (Å²) in [5.74, 6) is 0.430. The second kappa shape index (κ2) is 10.2. The summed E-state index contributed by atoms with van der Waals surface area (Å²) in [5.41, 5.74) is 2.19. The summed E-state index contributed by atoms with van der Waals surface area (Å²) in [6.45, 7) is 7.92. The number of para-hydroxylation sites is 1. The van der Waals surface area contributed by atoms with Crippen molar-refractivity contribution in [3.05, 3.63) is 71.8 Å². The van der Waals surface area contributed by atoms with E-state index in [9.17, 15) is 9.59 Å². The number of unbranched alkanes of at least 4 members (excludes halogenated alkanes) is 1. The van der Waals surface area contributed by atoms with Crippen LogP contribution in [0, 0.1) is 13.8 Å². The van der Waals surface area contributed by atoms with Gasteiger partial charge in [-0.25, -0.2) is 9.59 Å². The number of hydrogen-bond donors (Lipinski definition) is 0. The smallest absolute Gasteiger partial charge is 0.343 e. The van der Waals surface area contributed by atoms with Crippen LogP contribution in [-0.4, -0.2) is 25.2 Å². The molecule has 0 aromatic heterocycles. The molecule has 0 N–H and O–H groups in total. The molecule has 0 radical (unpaired) electrons. The first kappa shape index (κ1) is 20.2. The van der Waals surface area contributed by atoms with Crippen LogP contribution in [0.25, 0.3) is 0 Å². The van der Waals surface area contributed by atoms with Gasteiger partial charge >= 0.3 is 11.9 Å². The zero-order valence-electron chi connectivity index (χ0n) is 15.7. The second-order valence-electron chi connectivity index (χ2n) is 6.06. The van der Waals surface area contributed by atoms with Crippen molar-refractivity contribution in [1.29, 1.82) is 0 Å². The van der Waals surface area contributed by atoms with Gasteiger partial charge in [0.15, 0.2) is 0 Å². The lowest BCUT2D eigenvalue weighted by atomic mass is 10.1. The highest BCUT2D eigenvalue weighted by Crippen LogP contribution is 2.22. The highest BCUT2D eigenvalue weighted by Gasteiger charge is 2.13. The Morgan fingerprint density at radius 2 is 1.74 bits per heavy atom. The van der Waals surface area contributed by atoms with Crippen molar-refractivity contribution in [1.82, 2.24) is 0 Å². The summed E-state index contributed by atoms with van der Waals surface area (Å²) < 4.78 is 16.1. The van der Waals surface area contributed by atoms with E-state index in [1.807, 2.05) is 38.1 Å². The zero-order valence-corrected chi connectivity index (χ0v) is 15.7. The van der Waals surface area contributed by atoms with E-state index in [0.717, 1.165) is 23.6 Å². The Bertz CT molecular complexity index is 810. The van der Waals surface area contributed by atoms with Gasteiger partial charge in [-0.1, -0.05) is 24.8 Å². The maximum Gasteiger partial charge on any atom is 0.343 e. The molecule has 0 bridgehead atoms. The Morgan fingerprint density at radius 1 is 1.00 bits per heavy atom. The third kappa shape index (κ3) is 6.29. The van der Waals surface area contributed by atoms with Crippen LogP contribution >= 0.6 is 0 Å². The molecule has 2 rings (SSSR count). The average molecular weight is 368 g/mol. The SMILES string of the molecule is C=CC(=O)OCCCCOc1ccc(C(=O)Oc2ccccc2C)c(C)c1. The Labute approximate surface area is 159 Å². The molecule has 0 atom stereocenters. The largest absolute Gasteiger partial charge is 0.494 e. The van der Waals surface area contributed by atoms with Gasteiger partial charge in [0.1, 0.15) is 11.5 Å². The molecule has 142 valence electrons. The van der Waals surface area contributed by atoms with Crippen LogP contribution in [0.15, 0.2) is 55.1 Å². The van der Waals surface area contributed by atoms with E-state index < -0.39 is 11.9 Å². The van der Waals surface area contributed by atoms with Crippen LogP contribution in [0.3, 0.4) is 0 Å². The topological polar surface area (TPSA) is 61.8 Å². The van der Waals surface area contributed by atoms with Crippen molar-refractivity contribution in [2.45, 2.75) is 26.7 Å². The molecule has 0 aliphatic rings. The van der Waals surface area contributed by atoms with Crippen LogP contribution < -0.4 is 9.47 Å². The third-order valence-corrected chi connectivity index (χ3v) is 3.93. The van der Waals surface area contributed by atoms with E-state index >= 15 is 0 Å². The molecule has 0 heterocycles. The maximum absolute atomic E-state index is 12.4. The molecule has 0 unspecified atom stereocenters. The predicted molar refractivity (Wildman–Crippen MR) is 103 cm³/mol. The molecule has 0 aliphatic heterocycles. The Balaban J connectivity index is 1.84. The normalized spacial score (nSPS) is 10.1. The quantitative estimate of drug-likeness (QED) is 0.284. The molecule has 0 saturated carbocycles. The molecule has 27 heavy (non-hydrogen) atoms. The number of benzene rings is 2. The van der Waals surface area contributed by atoms with Crippen LogP contribution in [-0.2, 0) is 9.53 Å². The fourth-order valence-corrected chi connectivity index (χ4v) is 2.41. The molecule has 5 heteroatoms. The van der Waals surface area contributed by atoms with Gasteiger partial charge in [-0.3, -0.25) is 0 Å².